The van der Waals surface area contributed by atoms with Crippen molar-refractivity contribution in [2.75, 3.05) is 0 Å². The number of aryl methyl sites for hydroxylation is 1. The highest BCUT2D eigenvalue weighted by Gasteiger charge is 2.17. The Bertz CT molecular complexity index is 1040. The fraction of sp³-hybridized carbons (Fsp3) is 0.217. The Labute approximate surface area is 184 Å². The number of carbonyl (C=O) groups excluding carboxylic acids is 1. The van der Waals surface area contributed by atoms with Gasteiger partial charge in [-0.3, -0.25) is 4.79 Å². The summed E-state index contributed by atoms with van der Waals surface area (Å²) in [5.41, 5.74) is 8.08. The molecule has 0 fully saturated rings. The van der Waals surface area contributed by atoms with Crippen LogP contribution < -0.4 is 5.43 Å². The zero-order valence-corrected chi connectivity index (χ0v) is 19.3. The summed E-state index contributed by atoms with van der Waals surface area (Å²) in [5.74, 6) is -0.126. The van der Waals surface area contributed by atoms with Crippen LogP contribution in [0.5, 0.6) is 0 Å². The molecule has 4 nitrogen and oxygen atoms in total. The molecule has 2 aromatic carbocycles. The minimum atomic E-state index is -0.238. The molecular weight excluding hydrogens is 446 g/mol. The topological polar surface area (TPSA) is 46.4 Å². The summed E-state index contributed by atoms with van der Waals surface area (Å²) in [6, 6.07) is 18.3. The maximum atomic E-state index is 12.4. The number of hydrogen-bond acceptors (Lipinski definition) is 3. The molecule has 0 aliphatic rings. The van der Waals surface area contributed by atoms with Gasteiger partial charge in [-0.25, -0.2) is 5.43 Å². The minimum Gasteiger partial charge on any atom is -0.317 e. The van der Waals surface area contributed by atoms with E-state index >= 15 is 0 Å². The normalized spacial score (nSPS) is 12.3. The SMILES string of the molecule is Cc1cccc(-n2c(C)c(Br)c(/C=N\NC(=O)[C@@H](C)Sc3ccccc3)c2C)c1. The molecule has 0 spiro atoms. The first-order chi connectivity index (χ1) is 13.9. The highest BCUT2D eigenvalue weighted by molar-refractivity contribution is 9.10. The molecule has 150 valence electrons. The van der Waals surface area contributed by atoms with E-state index in [-0.39, 0.29) is 11.2 Å². The number of rotatable bonds is 6. The van der Waals surface area contributed by atoms with E-state index in [4.69, 9.17) is 0 Å². The lowest BCUT2D eigenvalue weighted by Gasteiger charge is -2.10. The van der Waals surface area contributed by atoms with Gasteiger partial charge in [-0.1, -0.05) is 30.3 Å². The van der Waals surface area contributed by atoms with Crippen LogP contribution in [0.4, 0.5) is 0 Å². The second-order valence-corrected chi connectivity index (χ2v) is 9.09. The molecule has 29 heavy (non-hydrogen) atoms. The Kier molecular flexibility index (Phi) is 6.98. The van der Waals surface area contributed by atoms with Gasteiger partial charge in [0, 0.05) is 32.0 Å². The van der Waals surface area contributed by atoms with E-state index in [1.807, 2.05) is 37.3 Å². The maximum Gasteiger partial charge on any atom is 0.253 e. The number of halogens is 1. The number of carbonyl (C=O) groups is 1. The minimum absolute atomic E-state index is 0.126. The predicted molar refractivity (Wildman–Crippen MR) is 125 cm³/mol. The van der Waals surface area contributed by atoms with E-state index in [1.54, 1.807) is 6.21 Å². The molecule has 1 atom stereocenters. The van der Waals surface area contributed by atoms with Crippen molar-refractivity contribution in [2.24, 2.45) is 5.10 Å². The van der Waals surface area contributed by atoms with E-state index in [1.165, 1.54) is 17.3 Å². The van der Waals surface area contributed by atoms with Crippen LogP contribution in [0.15, 0.2) is 69.1 Å². The molecule has 0 saturated heterocycles. The highest BCUT2D eigenvalue weighted by Crippen LogP contribution is 2.29. The summed E-state index contributed by atoms with van der Waals surface area (Å²) >= 11 is 5.19. The summed E-state index contributed by atoms with van der Waals surface area (Å²) in [6.07, 6.45) is 1.70. The zero-order chi connectivity index (χ0) is 21.0. The quantitative estimate of drug-likeness (QED) is 0.281. The van der Waals surface area contributed by atoms with Gasteiger partial charge in [-0.05, 0) is 73.5 Å². The van der Waals surface area contributed by atoms with E-state index in [9.17, 15) is 4.79 Å². The van der Waals surface area contributed by atoms with Crippen LogP contribution in [0.2, 0.25) is 0 Å². The van der Waals surface area contributed by atoms with Gasteiger partial charge in [0.1, 0.15) is 0 Å². The van der Waals surface area contributed by atoms with Crippen LogP contribution >= 0.6 is 27.7 Å². The van der Waals surface area contributed by atoms with Crippen LogP contribution in [-0.2, 0) is 4.79 Å². The van der Waals surface area contributed by atoms with Gasteiger partial charge in [0.05, 0.1) is 11.5 Å². The molecule has 0 saturated carbocycles. The monoisotopic (exact) mass is 469 g/mol. The van der Waals surface area contributed by atoms with Crippen molar-refractivity contribution < 1.29 is 4.79 Å². The molecule has 0 unspecified atom stereocenters. The van der Waals surface area contributed by atoms with Crippen molar-refractivity contribution in [3.63, 3.8) is 0 Å². The van der Waals surface area contributed by atoms with Gasteiger partial charge >= 0.3 is 0 Å². The number of amides is 1. The van der Waals surface area contributed by atoms with E-state index in [0.29, 0.717) is 0 Å². The lowest BCUT2D eigenvalue weighted by atomic mass is 10.2. The fourth-order valence-corrected chi connectivity index (χ4v) is 4.59. The second kappa shape index (κ2) is 9.46. The van der Waals surface area contributed by atoms with Crippen molar-refractivity contribution in [3.05, 3.63) is 81.6 Å². The summed E-state index contributed by atoms with van der Waals surface area (Å²) in [4.78, 5) is 13.4. The Balaban J connectivity index is 1.74. The van der Waals surface area contributed by atoms with Crippen molar-refractivity contribution in [1.29, 1.82) is 0 Å². The first kappa shape index (κ1) is 21.4. The molecular formula is C23H24BrN3OS. The third kappa shape index (κ3) is 5.00. The summed E-state index contributed by atoms with van der Waals surface area (Å²) < 4.78 is 3.16. The zero-order valence-electron chi connectivity index (χ0n) is 16.9. The Hall–Kier alpha value is -2.31. The highest BCUT2D eigenvalue weighted by atomic mass is 79.9. The molecule has 1 heterocycles. The van der Waals surface area contributed by atoms with Gasteiger partial charge in [0.2, 0.25) is 0 Å². The van der Waals surface area contributed by atoms with Crippen molar-refractivity contribution in [3.8, 4) is 5.69 Å². The lowest BCUT2D eigenvalue weighted by molar-refractivity contribution is -0.120. The number of benzene rings is 2. The largest absolute Gasteiger partial charge is 0.317 e. The number of hydrazone groups is 1. The van der Waals surface area contributed by atoms with Gasteiger partial charge < -0.3 is 4.57 Å². The molecule has 1 N–H and O–H groups in total. The standard InChI is InChI=1S/C23H24BrN3OS/c1-15-9-8-10-19(13-15)27-16(2)21(22(24)17(27)3)14-25-26-23(28)18(4)29-20-11-6-5-7-12-20/h5-14,18H,1-4H3,(H,26,28)/b25-14-/t18-/m1/s1. The van der Waals surface area contributed by atoms with E-state index in [2.05, 4.69) is 76.1 Å². The van der Waals surface area contributed by atoms with Crippen LogP contribution in [0.3, 0.4) is 0 Å². The van der Waals surface area contributed by atoms with Gasteiger partial charge in [-0.2, -0.15) is 5.10 Å². The lowest BCUT2D eigenvalue weighted by Crippen LogP contribution is -2.26. The van der Waals surface area contributed by atoms with Crippen LogP contribution in [0, 0.1) is 20.8 Å². The molecule has 6 heteroatoms. The average molecular weight is 470 g/mol. The average Bonchev–Trinajstić information content (AvgIpc) is 2.91. The number of aromatic nitrogens is 1. The van der Waals surface area contributed by atoms with Crippen molar-refractivity contribution >= 4 is 39.8 Å². The summed E-state index contributed by atoms with van der Waals surface area (Å²) in [7, 11) is 0. The van der Waals surface area contributed by atoms with Crippen LogP contribution in [0.25, 0.3) is 5.69 Å². The smallest absolute Gasteiger partial charge is 0.253 e. The van der Waals surface area contributed by atoms with Crippen LogP contribution in [-0.4, -0.2) is 21.9 Å². The summed E-state index contributed by atoms with van der Waals surface area (Å²) in [6.45, 7) is 8.08. The molecule has 1 amide bonds. The predicted octanol–water partition coefficient (Wildman–Crippen LogP) is 5.80. The molecule has 3 rings (SSSR count). The van der Waals surface area contributed by atoms with Crippen LogP contribution in [0.1, 0.15) is 29.4 Å². The first-order valence-electron chi connectivity index (χ1n) is 9.37. The Morgan fingerprint density at radius 3 is 2.52 bits per heavy atom. The molecule has 0 radical (unpaired) electrons. The number of hydrogen-bond donors (Lipinski definition) is 1. The maximum absolute atomic E-state index is 12.4. The molecule has 0 aliphatic heterocycles. The molecule has 0 aliphatic carbocycles. The Morgan fingerprint density at radius 1 is 1.10 bits per heavy atom. The Morgan fingerprint density at radius 2 is 1.83 bits per heavy atom. The number of nitrogens with zero attached hydrogens (tertiary/aromatic N) is 2. The van der Waals surface area contributed by atoms with Crippen molar-refractivity contribution in [1.82, 2.24) is 9.99 Å². The molecule has 3 aromatic rings. The van der Waals surface area contributed by atoms with E-state index in [0.717, 1.165) is 32.0 Å². The van der Waals surface area contributed by atoms with Gasteiger partial charge in [-0.15, -0.1) is 11.8 Å². The summed E-state index contributed by atoms with van der Waals surface area (Å²) in [5, 5.41) is 3.97. The first-order valence-corrected chi connectivity index (χ1v) is 11.0. The van der Waals surface area contributed by atoms with Gasteiger partial charge in [0.25, 0.3) is 5.91 Å². The fourth-order valence-electron chi connectivity index (χ4n) is 3.14. The third-order valence-corrected chi connectivity index (χ3v) is 6.78. The number of thioether (sulfide) groups is 1. The number of nitrogens with one attached hydrogen (secondary N) is 1. The molecule has 1 aromatic heterocycles. The van der Waals surface area contributed by atoms with Gasteiger partial charge in [0.15, 0.2) is 0 Å². The van der Waals surface area contributed by atoms with Crippen molar-refractivity contribution in [2.45, 2.75) is 37.8 Å². The van der Waals surface area contributed by atoms with E-state index < -0.39 is 0 Å². The third-order valence-electron chi connectivity index (χ3n) is 4.67. The molecule has 0 bridgehead atoms. The second-order valence-electron chi connectivity index (χ2n) is 6.88.